The Hall–Kier alpha value is -3.68. The first-order valence-corrected chi connectivity index (χ1v) is 7.28. The van der Waals surface area contributed by atoms with Crippen LogP contribution in [0.5, 0.6) is 5.88 Å². The number of nitrogens with one attached hydrogen (secondary N) is 1. The van der Waals surface area contributed by atoms with Gasteiger partial charge in [0.2, 0.25) is 5.88 Å². The Balaban J connectivity index is 2.06. The second-order valence-corrected chi connectivity index (χ2v) is 5.01. The Kier molecular flexibility index (Phi) is 4.42. The summed E-state index contributed by atoms with van der Waals surface area (Å²) < 4.78 is 6.61. The number of carboxylic acid groups (broad SMARTS) is 1. The van der Waals surface area contributed by atoms with Gasteiger partial charge < -0.3 is 9.84 Å². The average molecular weight is 338 g/mol. The molecule has 0 unspecified atom stereocenters. The lowest BCUT2D eigenvalue weighted by Crippen LogP contribution is -2.22. The maximum Gasteiger partial charge on any atom is 0.394 e. The zero-order chi connectivity index (χ0) is 17.8. The predicted octanol–water partition coefficient (Wildman–Crippen LogP) is 1.97. The van der Waals surface area contributed by atoms with Gasteiger partial charge in [-0.3, -0.25) is 10.1 Å². The highest BCUT2D eigenvalue weighted by atomic mass is 16.5. The number of anilines is 1. The van der Waals surface area contributed by atoms with E-state index < -0.39 is 11.9 Å². The van der Waals surface area contributed by atoms with Crippen LogP contribution in [0.1, 0.15) is 0 Å². The Morgan fingerprint density at radius 3 is 2.52 bits per heavy atom. The number of ether oxygens (including phenoxy) is 1. The third-order valence-electron chi connectivity index (χ3n) is 3.39. The third kappa shape index (κ3) is 3.47. The number of carboxylic acids is 1. The summed E-state index contributed by atoms with van der Waals surface area (Å²) in [5.74, 6) is -2.15. The Morgan fingerprint density at radius 1 is 1.16 bits per heavy atom. The van der Waals surface area contributed by atoms with Crippen LogP contribution in [-0.4, -0.2) is 38.9 Å². The predicted molar refractivity (Wildman–Crippen MR) is 89.6 cm³/mol. The number of pyridine rings is 1. The van der Waals surface area contributed by atoms with Crippen molar-refractivity contribution in [1.82, 2.24) is 14.8 Å². The van der Waals surface area contributed by atoms with Crippen molar-refractivity contribution < 1.29 is 19.4 Å². The first-order chi connectivity index (χ1) is 12.1. The average Bonchev–Trinajstić information content (AvgIpc) is 3.06. The van der Waals surface area contributed by atoms with Crippen molar-refractivity contribution in [1.29, 1.82) is 0 Å². The molecule has 0 atom stereocenters. The number of aromatic nitrogens is 3. The molecule has 2 N–H and O–H groups in total. The lowest BCUT2D eigenvalue weighted by atomic mass is 10.1. The van der Waals surface area contributed by atoms with Crippen LogP contribution in [0.2, 0.25) is 0 Å². The molecule has 0 saturated heterocycles. The van der Waals surface area contributed by atoms with Crippen molar-refractivity contribution in [3.63, 3.8) is 0 Å². The van der Waals surface area contributed by atoms with Gasteiger partial charge >= 0.3 is 11.9 Å². The van der Waals surface area contributed by atoms with Crippen molar-refractivity contribution >= 4 is 17.7 Å². The van der Waals surface area contributed by atoms with Gasteiger partial charge in [0.1, 0.15) is 0 Å². The number of hydrogen-bond donors (Lipinski definition) is 2. The van der Waals surface area contributed by atoms with Crippen LogP contribution in [0.4, 0.5) is 5.82 Å². The van der Waals surface area contributed by atoms with Crippen LogP contribution < -0.4 is 10.1 Å². The summed E-state index contributed by atoms with van der Waals surface area (Å²) in [7, 11) is 1.52. The highest BCUT2D eigenvalue weighted by molar-refractivity contribution is 6.36. The fraction of sp³-hybridized carbons (Fsp3) is 0.0588. The van der Waals surface area contributed by atoms with Crippen LogP contribution in [0, 0.1) is 0 Å². The molecule has 0 aliphatic carbocycles. The van der Waals surface area contributed by atoms with Crippen molar-refractivity contribution in [3.8, 4) is 22.8 Å². The number of rotatable bonds is 4. The molecule has 0 fully saturated rings. The molecule has 0 saturated carbocycles. The molecular formula is C17H14N4O4. The molecule has 0 spiro atoms. The number of carbonyl (C=O) groups excluding carboxylic acids is 1. The molecular weight excluding hydrogens is 324 g/mol. The van der Waals surface area contributed by atoms with Gasteiger partial charge in [-0.05, 0) is 6.07 Å². The lowest BCUT2D eigenvalue weighted by molar-refractivity contribution is -0.147. The van der Waals surface area contributed by atoms with Gasteiger partial charge in [0.25, 0.3) is 0 Å². The molecule has 0 aliphatic heterocycles. The Bertz CT molecular complexity index is 904. The molecule has 0 radical (unpaired) electrons. The first-order valence-electron chi connectivity index (χ1n) is 7.28. The summed E-state index contributed by atoms with van der Waals surface area (Å²) in [5.41, 5.74) is 2.16. The van der Waals surface area contributed by atoms with Crippen LogP contribution in [0.3, 0.4) is 0 Å². The summed E-state index contributed by atoms with van der Waals surface area (Å²) in [6.45, 7) is 0. The number of amides is 1. The third-order valence-corrected chi connectivity index (χ3v) is 3.39. The standard InChI is InChI=1S/C17H14N4O4/c1-25-15-8-7-12(10-18-15)21-13(11-5-3-2-4-6-11)9-14(20-21)19-16(22)17(23)24/h2-10H,1H3,(H,23,24)(H,19,20,22). The number of aliphatic carboxylic acids is 1. The zero-order valence-electron chi connectivity index (χ0n) is 13.2. The van der Waals surface area contributed by atoms with E-state index in [1.165, 1.54) is 7.11 Å². The minimum absolute atomic E-state index is 0.127. The van der Waals surface area contributed by atoms with Crippen molar-refractivity contribution in [3.05, 3.63) is 54.7 Å². The van der Waals surface area contributed by atoms with Gasteiger partial charge in [-0.25, -0.2) is 14.5 Å². The maximum atomic E-state index is 11.4. The topological polar surface area (TPSA) is 106 Å². The van der Waals surface area contributed by atoms with E-state index in [-0.39, 0.29) is 5.82 Å². The van der Waals surface area contributed by atoms with Crippen molar-refractivity contribution in [2.45, 2.75) is 0 Å². The molecule has 3 rings (SSSR count). The monoisotopic (exact) mass is 338 g/mol. The quantitative estimate of drug-likeness (QED) is 0.704. The van der Waals surface area contributed by atoms with E-state index in [9.17, 15) is 9.59 Å². The van der Waals surface area contributed by atoms with E-state index >= 15 is 0 Å². The molecule has 0 bridgehead atoms. The number of benzene rings is 1. The van der Waals surface area contributed by atoms with E-state index in [1.54, 1.807) is 29.1 Å². The van der Waals surface area contributed by atoms with Gasteiger partial charge in [0, 0.05) is 17.7 Å². The molecule has 126 valence electrons. The van der Waals surface area contributed by atoms with E-state index in [0.717, 1.165) is 5.56 Å². The number of methoxy groups -OCH3 is 1. The van der Waals surface area contributed by atoms with Crippen LogP contribution in [0.25, 0.3) is 16.9 Å². The van der Waals surface area contributed by atoms with E-state index in [0.29, 0.717) is 17.3 Å². The molecule has 8 heteroatoms. The highest BCUT2D eigenvalue weighted by Crippen LogP contribution is 2.26. The Labute approximate surface area is 142 Å². The van der Waals surface area contributed by atoms with E-state index in [2.05, 4.69) is 15.4 Å². The normalized spacial score (nSPS) is 10.3. The molecule has 3 aromatic rings. The Morgan fingerprint density at radius 2 is 1.92 bits per heavy atom. The van der Waals surface area contributed by atoms with Gasteiger partial charge in [0.05, 0.1) is 24.7 Å². The SMILES string of the molecule is COc1ccc(-n2nc(NC(=O)C(=O)O)cc2-c2ccccc2)cn1. The smallest absolute Gasteiger partial charge is 0.394 e. The summed E-state index contributed by atoms with van der Waals surface area (Å²) in [5, 5.41) is 15.3. The van der Waals surface area contributed by atoms with Crippen molar-refractivity contribution in [2.75, 3.05) is 12.4 Å². The summed E-state index contributed by atoms with van der Waals surface area (Å²) in [6.07, 6.45) is 1.57. The maximum absolute atomic E-state index is 11.4. The fourth-order valence-electron chi connectivity index (χ4n) is 2.24. The fourth-order valence-corrected chi connectivity index (χ4v) is 2.24. The molecule has 25 heavy (non-hydrogen) atoms. The van der Waals surface area contributed by atoms with Gasteiger partial charge in [-0.1, -0.05) is 30.3 Å². The molecule has 1 aromatic carbocycles. The van der Waals surface area contributed by atoms with Crippen LogP contribution >= 0.6 is 0 Å². The highest BCUT2D eigenvalue weighted by Gasteiger charge is 2.17. The molecule has 1 amide bonds. The van der Waals surface area contributed by atoms with Crippen LogP contribution in [0.15, 0.2) is 54.7 Å². The minimum Gasteiger partial charge on any atom is -0.481 e. The lowest BCUT2D eigenvalue weighted by Gasteiger charge is -2.07. The molecule has 8 nitrogen and oxygen atoms in total. The van der Waals surface area contributed by atoms with Gasteiger partial charge in [-0.2, -0.15) is 0 Å². The molecule has 2 aromatic heterocycles. The molecule has 0 aliphatic rings. The second-order valence-electron chi connectivity index (χ2n) is 5.01. The summed E-state index contributed by atoms with van der Waals surface area (Å²) in [4.78, 5) is 26.3. The number of carbonyl (C=O) groups is 2. The second kappa shape index (κ2) is 6.83. The van der Waals surface area contributed by atoms with E-state index in [4.69, 9.17) is 9.84 Å². The molecule has 2 heterocycles. The number of hydrogen-bond acceptors (Lipinski definition) is 5. The number of nitrogens with zero attached hydrogens (tertiary/aromatic N) is 3. The largest absolute Gasteiger partial charge is 0.481 e. The minimum atomic E-state index is -1.58. The van der Waals surface area contributed by atoms with Crippen molar-refractivity contribution in [2.24, 2.45) is 0 Å². The first kappa shape index (κ1) is 16.2. The van der Waals surface area contributed by atoms with E-state index in [1.807, 2.05) is 30.3 Å². The summed E-state index contributed by atoms with van der Waals surface area (Å²) in [6, 6.07) is 14.4. The zero-order valence-corrected chi connectivity index (χ0v) is 13.2. The van der Waals surface area contributed by atoms with Gasteiger partial charge in [0.15, 0.2) is 5.82 Å². The van der Waals surface area contributed by atoms with Crippen LogP contribution in [-0.2, 0) is 9.59 Å². The summed E-state index contributed by atoms with van der Waals surface area (Å²) >= 11 is 0. The van der Waals surface area contributed by atoms with Gasteiger partial charge in [-0.15, -0.1) is 5.10 Å².